The highest BCUT2D eigenvalue weighted by Crippen LogP contribution is 2.70. The van der Waals surface area contributed by atoms with Crippen molar-refractivity contribution in [3.05, 3.63) is 35.9 Å². The molecule has 1 aromatic rings. The van der Waals surface area contributed by atoms with Crippen molar-refractivity contribution in [2.24, 2.45) is 23.2 Å². The van der Waals surface area contributed by atoms with Crippen LogP contribution in [-0.2, 0) is 20.7 Å². The molecule has 3 saturated heterocycles. The molecule has 2 aliphatic carbocycles. The fourth-order valence-corrected chi connectivity index (χ4v) is 8.03. The number of fused-ring (bicyclic) bond motifs is 2. The van der Waals surface area contributed by atoms with Gasteiger partial charge in [0.25, 0.3) is 0 Å². The molecule has 0 radical (unpaired) electrons. The number of likely N-dealkylation sites (tertiary alicyclic amines) is 1. The summed E-state index contributed by atoms with van der Waals surface area (Å²) in [6.45, 7) is 7.12. The van der Waals surface area contributed by atoms with Crippen LogP contribution in [0.25, 0.3) is 0 Å². The van der Waals surface area contributed by atoms with E-state index < -0.39 is 5.60 Å². The van der Waals surface area contributed by atoms with Crippen molar-refractivity contribution in [1.29, 1.82) is 0 Å². The molecule has 174 valence electrons. The molecule has 1 N–H and O–H groups in total. The third-order valence-electron chi connectivity index (χ3n) is 9.81. The molecule has 5 heteroatoms. The predicted octanol–water partition coefficient (Wildman–Crippen LogP) is 3.58. The molecule has 32 heavy (non-hydrogen) atoms. The first kappa shape index (κ1) is 21.1. The lowest BCUT2D eigenvalue weighted by Gasteiger charge is -2.49. The maximum absolute atomic E-state index is 13.0. The molecule has 7 atom stereocenters. The minimum absolute atomic E-state index is 0.0169. The average Bonchev–Trinajstić information content (AvgIpc) is 3.45. The first-order valence-corrected chi connectivity index (χ1v) is 12.7. The number of rotatable bonds is 4. The van der Waals surface area contributed by atoms with Gasteiger partial charge in [-0.05, 0) is 43.6 Å². The molecule has 0 aromatic heterocycles. The van der Waals surface area contributed by atoms with Crippen molar-refractivity contribution in [2.75, 3.05) is 19.6 Å². The van der Waals surface area contributed by atoms with E-state index in [0.717, 1.165) is 38.9 Å². The molecule has 5 aliphatic rings. The standard InChI is InChI=1S/C27H37NO4/c1-18-7-6-10-25(2)16-21-22(23-27(18,25)32-23)20(24(29)31-21)17-28-13-11-26(30,12-14-28)15-19-8-4-3-5-9-19/h3-5,8-9,18,20-23,30H,6-7,10-17H2,1-2H3/t18-,20+,21+,22+,23-,25+,27+/m0/s1. The Morgan fingerprint density at radius 1 is 1.16 bits per heavy atom. The highest BCUT2D eigenvalue weighted by molar-refractivity contribution is 5.76. The Kier molecular flexibility index (Phi) is 4.81. The van der Waals surface area contributed by atoms with Gasteiger partial charge in [-0.15, -0.1) is 0 Å². The van der Waals surface area contributed by atoms with Gasteiger partial charge in [0.1, 0.15) is 11.7 Å². The van der Waals surface area contributed by atoms with Crippen molar-refractivity contribution in [2.45, 2.75) is 82.2 Å². The largest absolute Gasteiger partial charge is 0.462 e. The highest BCUT2D eigenvalue weighted by Gasteiger charge is 2.78. The van der Waals surface area contributed by atoms with E-state index in [9.17, 15) is 9.90 Å². The monoisotopic (exact) mass is 439 g/mol. The van der Waals surface area contributed by atoms with Gasteiger partial charge in [0.05, 0.1) is 17.6 Å². The predicted molar refractivity (Wildman–Crippen MR) is 121 cm³/mol. The SMILES string of the molecule is C[C@H]1CCC[C@]2(C)C[C@H]3OC(=O)[C@H](CN4CCC(O)(Cc5ccccc5)CC4)[C@H]3[C@@H]3O[C@]132. The summed E-state index contributed by atoms with van der Waals surface area (Å²) in [5, 5.41) is 11.1. The number of ether oxygens (including phenoxy) is 2. The molecule has 1 spiro atoms. The van der Waals surface area contributed by atoms with Crippen LogP contribution in [0.1, 0.15) is 57.9 Å². The Hall–Kier alpha value is -1.43. The Bertz CT molecular complexity index is 881. The number of esters is 1. The van der Waals surface area contributed by atoms with Crippen molar-refractivity contribution >= 4 is 5.97 Å². The summed E-state index contributed by atoms with van der Waals surface area (Å²) >= 11 is 0. The van der Waals surface area contributed by atoms with Crippen molar-refractivity contribution in [1.82, 2.24) is 4.90 Å². The van der Waals surface area contributed by atoms with Crippen LogP contribution in [0.2, 0.25) is 0 Å². The lowest BCUT2D eigenvalue weighted by atomic mass is 9.53. The Morgan fingerprint density at radius 3 is 2.66 bits per heavy atom. The molecule has 6 rings (SSSR count). The van der Waals surface area contributed by atoms with E-state index >= 15 is 0 Å². The molecule has 5 fully saturated rings. The van der Waals surface area contributed by atoms with E-state index in [-0.39, 0.29) is 41.0 Å². The zero-order chi connectivity index (χ0) is 22.1. The Labute approximate surface area is 191 Å². The summed E-state index contributed by atoms with van der Waals surface area (Å²) in [6.07, 6.45) is 7.02. The molecule has 3 heterocycles. The van der Waals surface area contributed by atoms with Crippen molar-refractivity contribution in [3.8, 4) is 0 Å². The second kappa shape index (κ2) is 7.28. The number of carbonyl (C=O) groups is 1. The molecule has 0 bridgehead atoms. The highest BCUT2D eigenvalue weighted by atomic mass is 16.6. The van der Waals surface area contributed by atoms with Gasteiger partial charge in [-0.25, -0.2) is 0 Å². The molecule has 3 aliphatic heterocycles. The third-order valence-corrected chi connectivity index (χ3v) is 9.81. The summed E-state index contributed by atoms with van der Waals surface area (Å²) in [6, 6.07) is 10.3. The van der Waals surface area contributed by atoms with Crippen LogP contribution in [0.5, 0.6) is 0 Å². The van der Waals surface area contributed by atoms with Gasteiger partial charge in [-0.2, -0.15) is 0 Å². The summed E-state index contributed by atoms with van der Waals surface area (Å²) in [5.74, 6) is 0.641. The topological polar surface area (TPSA) is 62.3 Å². The van der Waals surface area contributed by atoms with Gasteiger partial charge in [0.2, 0.25) is 0 Å². The molecular weight excluding hydrogens is 402 g/mol. The van der Waals surface area contributed by atoms with Crippen molar-refractivity contribution < 1.29 is 19.4 Å². The summed E-state index contributed by atoms with van der Waals surface area (Å²) in [5.41, 5.74) is 0.653. The number of carbonyl (C=O) groups excluding carboxylic acids is 1. The van der Waals surface area contributed by atoms with E-state index in [1.165, 1.54) is 24.8 Å². The lowest BCUT2D eigenvalue weighted by Crippen LogP contribution is -2.55. The molecular formula is C27H37NO4. The first-order valence-electron chi connectivity index (χ1n) is 12.7. The van der Waals surface area contributed by atoms with E-state index in [0.29, 0.717) is 12.3 Å². The first-order chi connectivity index (χ1) is 15.3. The lowest BCUT2D eigenvalue weighted by molar-refractivity contribution is -0.146. The fourth-order valence-electron chi connectivity index (χ4n) is 8.03. The van der Waals surface area contributed by atoms with Crippen LogP contribution in [0, 0.1) is 23.2 Å². The molecule has 0 amide bonds. The number of epoxide rings is 1. The zero-order valence-corrected chi connectivity index (χ0v) is 19.5. The van der Waals surface area contributed by atoms with Gasteiger partial charge in [0.15, 0.2) is 0 Å². The van der Waals surface area contributed by atoms with E-state index in [2.05, 4.69) is 30.9 Å². The number of nitrogens with zero attached hydrogens (tertiary/aromatic N) is 1. The summed E-state index contributed by atoms with van der Waals surface area (Å²) < 4.78 is 12.6. The van der Waals surface area contributed by atoms with Crippen LogP contribution in [-0.4, -0.2) is 59.0 Å². The number of hydrogen-bond acceptors (Lipinski definition) is 5. The third kappa shape index (κ3) is 3.11. The van der Waals surface area contributed by atoms with Crippen LogP contribution in [0.15, 0.2) is 30.3 Å². The maximum atomic E-state index is 13.0. The number of benzene rings is 1. The summed E-state index contributed by atoms with van der Waals surface area (Å²) in [4.78, 5) is 15.4. The van der Waals surface area contributed by atoms with Gasteiger partial charge in [-0.3, -0.25) is 4.79 Å². The van der Waals surface area contributed by atoms with Gasteiger partial charge in [0, 0.05) is 37.4 Å². The maximum Gasteiger partial charge on any atom is 0.311 e. The van der Waals surface area contributed by atoms with Gasteiger partial charge in [-0.1, -0.05) is 50.6 Å². The number of hydrogen-bond donors (Lipinski definition) is 1. The quantitative estimate of drug-likeness (QED) is 0.574. The summed E-state index contributed by atoms with van der Waals surface area (Å²) in [7, 11) is 0. The van der Waals surface area contributed by atoms with Crippen LogP contribution in [0.3, 0.4) is 0 Å². The Morgan fingerprint density at radius 2 is 1.91 bits per heavy atom. The van der Waals surface area contributed by atoms with E-state index in [4.69, 9.17) is 9.47 Å². The normalized spacial score (nSPS) is 44.8. The van der Waals surface area contributed by atoms with E-state index in [1.807, 2.05) is 18.2 Å². The average molecular weight is 440 g/mol. The zero-order valence-electron chi connectivity index (χ0n) is 19.5. The second-order valence-corrected chi connectivity index (χ2v) is 11.7. The molecule has 5 nitrogen and oxygen atoms in total. The minimum Gasteiger partial charge on any atom is -0.462 e. The van der Waals surface area contributed by atoms with Gasteiger partial charge >= 0.3 is 5.97 Å². The second-order valence-electron chi connectivity index (χ2n) is 11.7. The molecule has 0 unspecified atom stereocenters. The minimum atomic E-state index is -0.648. The Balaban J connectivity index is 1.12. The molecule has 1 aromatic carbocycles. The number of aliphatic hydroxyl groups is 1. The van der Waals surface area contributed by atoms with Crippen LogP contribution >= 0.6 is 0 Å². The van der Waals surface area contributed by atoms with Crippen LogP contribution in [0.4, 0.5) is 0 Å². The van der Waals surface area contributed by atoms with Crippen molar-refractivity contribution in [3.63, 3.8) is 0 Å². The van der Waals surface area contributed by atoms with E-state index in [1.54, 1.807) is 0 Å². The van der Waals surface area contributed by atoms with Gasteiger partial charge < -0.3 is 19.5 Å². The smallest absolute Gasteiger partial charge is 0.311 e. The number of piperidine rings is 1. The molecule has 2 saturated carbocycles. The van der Waals surface area contributed by atoms with Crippen LogP contribution < -0.4 is 0 Å². The fraction of sp³-hybridized carbons (Fsp3) is 0.741.